The van der Waals surface area contributed by atoms with Crippen LogP contribution in [0.15, 0.2) is 34.1 Å². The zero-order chi connectivity index (χ0) is 9.10. The Bertz CT molecular complexity index is 265. The van der Waals surface area contributed by atoms with Crippen LogP contribution in [0.2, 0.25) is 0 Å². The van der Waals surface area contributed by atoms with E-state index in [1.54, 1.807) is 0 Å². The van der Waals surface area contributed by atoms with Crippen LogP contribution >= 0.6 is 24.4 Å². The number of thioether (sulfide) groups is 1. The zero-order valence-electron chi connectivity index (χ0n) is 7.27. The van der Waals surface area contributed by atoms with Gasteiger partial charge in [-0.1, -0.05) is 0 Å². The van der Waals surface area contributed by atoms with Crippen LogP contribution in [0.25, 0.3) is 0 Å². The van der Waals surface area contributed by atoms with Gasteiger partial charge >= 0.3 is 0 Å². The van der Waals surface area contributed by atoms with E-state index in [0.29, 0.717) is 5.25 Å². The highest BCUT2D eigenvalue weighted by molar-refractivity contribution is 8.00. The highest BCUT2D eigenvalue weighted by Crippen LogP contribution is 2.28. The maximum absolute atomic E-state index is 5.32. The van der Waals surface area contributed by atoms with E-state index in [1.165, 1.54) is 11.3 Å². The van der Waals surface area contributed by atoms with Crippen LogP contribution in [0.4, 0.5) is 0 Å². The standard InChI is InChI=1S/C10H12OS2/c12-8-1-3-9(4-2-8)13-10-5-6-11-7-10/h1-4,10,12H,5-7H2. The second kappa shape index (κ2) is 4.40. The minimum absolute atomic E-state index is 0.644. The van der Waals surface area contributed by atoms with E-state index < -0.39 is 0 Å². The van der Waals surface area contributed by atoms with Crippen molar-refractivity contribution < 1.29 is 4.74 Å². The first-order chi connectivity index (χ1) is 6.34. The molecule has 0 spiro atoms. The molecule has 2 rings (SSSR count). The summed E-state index contributed by atoms with van der Waals surface area (Å²) in [5, 5.41) is 0.644. The van der Waals surface area contributed by atoms with Gasteiger partial charge in [-0.05, 0) is 30.7 Å². The molecule has 1 fully saturated rings. The molecular weight excluding hydrogens is 200 g/mol. The molecule has 1 aromatic rings. The molecule has 1 unspecified atom stereocenters. The molecule has 1 aliphatic heterocycles. The summed E-state index contributed by atoms with van der Waals surface area (Å²) in [5.41, 5.74) is 0. The number of hydrogen-bond acceptors (Lipinski definition) is 3. The van der Waals surface area contributed by atoms with Gasteiger partial charge in [-0.25, -0.2) is 0 Å². The quantitative estimate of drug-likeness (QED) is 0.755. The van der Waals surface area contributed by atoms with Crippen molar-refractivity contribution in [3.63, 3.8) is 0 Å². The maximum Gasteiger partial charge on any atom is 0.0589 e. The van der Waals surface area contributed by atoms with Gasteiger partial charge in [0.05, 0.1) is 6.61 Å². The first kappa shape index (κ1) is 9.44. The van der Waals surface area contributed by atoms with Crippen molar-refractivity contribution in [2.45, 2.75) is 21.5 Å². The van der Waals surface area contributed by atoms with Crippen LogP contribution in [0.1, 0.15) is 6.42 Å². The van der Waals surface area contributed by atoms with Gasteiger partial charge in [0.25, 0.3) is 0 Å². The SMILES string of the molecule is Sc1ccc(SC2CCOC2)cc1. The van der Waals surface area contributed by atoms with Crippen LogP contribution in [0.5, 0.6) is 0 Å². The number of benzene rings is 1. The van der Waals surface area contributed by atoms with E-state index in [2.05, 4.69) is 24.8 Å². The van der Waals surface area contributed by atoms with E-state index in [0.717, 1.165) is 18.1 Å². The number of ether oxygens (including phenoxy) is 1. The molecule has 1 saturated heterocycles. The molecule has 1 nitrogen and oxygen atoms in total. The van der Waals surface area contributed by atoms with E-state index in [4.69, 9.17) is 4.74 Å². The third kappa shape index (κ3) is 2.66. The van der Waals surface area contributed by atoms with Crippen LogP contribution in [-0.4, -0.2) is 18.5 Å². The molecule has 0 aromatic heterocycles. The Morgan fingerprint density at radius 1 is 1.31 bits per heavy atom. The summed E-state index contributed by atoms with van der Waals surface area (Å²) in [5.74, 6) is 0. The van der Waals surface area contributed by atoms with Crippen LogP contribution in [0.3, 0.4) is 0 Å². The van der Waals surface area contributed by atoms with Crippen LogP contribution in [0, 0.1) is 0 Å². The smallest absolute Gasteiger partial charge is 0.0589 e. The van der Waals surface area contributed by atoms with E-state index in [1.807, 2.05) is 23.9 Å². The van der Waals surface area contributed by atoms with E-state index in [-0.39, 0.29) is 0 Å². The molecule has 0 radical (unpaired) electrons. The van der Waals surface area contributed by atoms with Crippen molar-refractivity contribution in [1.82, 2.24) is 0 Å². The molecule has 0 N–H and O–H groups in total. The third-order valence-electron chi connectivity index (χ3n) is 2.03. The molecule has 0 saturated carbocycles. The van der Waals surface area contributed by atoms with Gasteiger partial charge in [-0.3, -0.25) is 0 Å². The highest BCUT2D eigenvalue weighted by atomic mass is 32.2. The molecule has 0 amide bonds. The molecule has 1 atom stereocenters. The number of hydrogen-bond donors (Lipinski definition) is 1. The van der Waals surface area contributed by atoms with Gasteiger partial charge in [0.15, 0.2) is 0 Å². The normalized spacial score (nSPS) is 22.1. The van der Waals surface area contributed by atoms with Gasteiger partial charge in [0.2, 0.25) is 0 Å². The largest absolute Gasteiger partial charge is 0.380 e. The fraction of sp³-hybridized carbons (Fsp3) is 0.400. The Morgan fingerprint density at radius 3 is 2.69 bits per heavy atom. The predicted octanol–water partition coefficient (Wildman–Crippen LogP) is 2.86. The molecule has 0 bridgehead atoms. The van der Waals surface area contributed by atoms with Crippen LogP contribution in [-0.2, 0) is 4.74 Å². The Morgan fingerprint density at radius 2 is 2.08 bits per heavy atom. The van der Waals surface area contributed by atoms with Gasteiger partial charge in [-0.15, -0.1) is 24.4 Å². The summed E-state index contributed by atoms with van der Waals surface area (Å²) in [4.78, 5) is 2.33. The number of thiol groups is 1. The van der Waals surface area contributed by atoms with Crippen molar-refractivity contribution in [3.05, 3.63) is 24.3 Å². The van der Waals surface area contributed by atoms with Gasteiger partial charge in [0, 0.05) is 21.6 Å². The summed E-state index contributed by atoms with van der Waals surface area (Å²) in [6.07, 6.45) is 1.17. The van der Waals surface area contributed by atoms with Crippen LogP contribution < -0.4 is 0 Å². The van der Waals surface area contributed by atoms with E-state index in [9.17, 15) is 0 Å². The topological polar surface area (TPSA) is 9.23 Å². The molecular formula is C10H12OS2. The van der Waals surface area contributed by atoms with Gasteiger partial charge in [-0.2, -0.15) is 0 Å². The van der Waals surface area contributed by atoms with Gasteiger partial charge in [0.1, 0.15) is 0 Å². The summed E-state index contributed by atoms with van der Waals surface area (Å²) < 4.78 is 5.32. The summed E-state index contributed by atoms with van der Waals surface area (Å²) in [6.45, 7) is 1.82. The molecule has 1 heterocycles. The molecule has 3 heteroatoms. The average molecular weight is 212 g/mol. The fourth-order valence-electron chi connectivity index (χ4n) is 1.32. The molecule has 1 aromatic carbocycles. The molecule has 0 aliphatic carbocycles. The zero-order valence-corrected chi connectivity index (χ0v) is 8.98. The lowest BCUT2D eigenvalue weighted by Gasteiger charge is -2.06. The first-order valence-electron chi connectivity index (χ1n) is 4.38. The Hall–Kier alpha value is -0.120. The van der Waals surface area contributed by atoms with Crippen molar-refractivity contribution in [2.24, 2.45) is 0 Å². The second-order valence-electron chi connectivity index (χ2n) is 3.10. The summed E-state index contributed by atoms with van der Waals surface area (Å²) in [7, 11) is 0. The maximum atomic E-state index is 5.32. The Kier molecular flexibility index (Phi) is 3.19. The minimum atomic E-state index is 0.644. The minimum Gasteiger partial charge on any atom is -0.380 e. The summed E-state index contributed by atoms with van der Waals surface area (Å²) >= 11 is 6.15. The van der Waals surface area contributed by atoms with Crippen molar-refractivity contribution >= 4 is 24.4 Å². The highest BCUT2D eigenvalue weighted by Gasteiger charge is 2.16. The fourth-order valence-corrected chi connectivity index (χ4v) is 2.53. The van der Waals surface area contributed by atoms with Crippen molar-refractivity contribution in [3.8, 4) is 0 Å². The lowest BCUT2D eigenvalue weighted by atomic mass is 10.4. The summed E-state index contributed by atoms with van der Waals surface area (Å²) in [6, 6.07) is 8.29. The van der Waals surface area contributed by atoms with Crippen molar-refractivity contribution in [2.75, 3.05) is 13.2 Å². The Balaban J connectivity index is 1.97. The second-order valence-corrected chi connectivity index (χ2v) is 4.99. The van der Waals surface area contributed by atoms with Crippen molar-refractivity contribution in [1.29, 1.82) is 0 Å². The van der Waals surface area contributed by atoms with E-state index >= 15 is 0 Å². The third-order valence-corrected chi connectivity index (χ3v) is 3.57. The lowest BCUT2D eigenvalue weighted by molar-refractivity contribution is 0.199. The monoisotopic (exact) mass is 212 g/mol. The molecule has 70 valence electrons. The first-order valence-corrected chi connectivity index (χ1v) is 5.71. The molecule has 13 heavy (non-hydrogen) atoms. The predicted molar refractivity (Wildman–Crippen MR) is 58.8 cm³/mol. The lowest BCUT2D eigenvalue weighted by Crippen LogP contribution is -1.99. The Labute approximate surface area is 88.3 Å². The van der Waals surface area contributed by atoms with Gasteiger partial charge < -0.3 is 4.74 Å². The average Bonchev–Trinajstić information content (AvgIpc) is 2.62. The number of rotatable bonds is 2. The molecule has 1 aliphatic rings.